The molecular weight excluding hydrogens is 343 g/mol. The molecule has 0 unspecified atom stereocenters. The van der Waals surface area contributed by atoms with Crippen LogP contribution < -0.4 is 10.3 Å². The Morgan fingerprint density at radius 2 is 1.79 bits per heavy atom. The number of hydrogen-bond donors (Lipinski definition) is 2. The highest BCUT2D eigenvalue weighted by molar-refractivity contribution is 7.89. The summed E-state index contributed by atoms with van der Waals surface area (Å²) in [5.41, 5.74) is 3.56. The second-order valence-electron chi connectivity index (χ2n) is 5.44. The fourth-order valence-corrected chi connectivity index (χ4v) is 3.43. The normalized spacial score (nSPS) is 14.5. The number of alkyl halides is 3. The van der Waals surface area contributed by atoms with Crippen LogP contribution in [0.4, 0.5) is 19.0 Å². The Kier molecular flexibility index (Phi) is 4.22. The molecule has 0 saturated carbocycles. The van der Waals surface area contributed by atoms with Crippen LogP contribution in [-0.4, -0.2) is 13.4 Å². The highest BCUT2D eigenvalue weighted by Gasteiger charge is 2.30. The van der Waals surface area contributed by atoms with Gasteiger partial charge in [-0.15, -0.1) is 4.83 Å². The Bertz CT molecular complexity index is 849. The van der Waals surface area contributed by atoms with Gasteiger partial charge in [0.2, 0.25) is 0 Å². The summed E-state index contributed by atoms with van der Waals surface area (Å²) in [7, 11) is -3.84. The fourth-order valence-electron chi connectivity index (χ4n) is 2.53. The predicted molar refractivity (Wildman–Crippen MR) is 81.7 cm³/mol. The monoisotopic (exact) mass is 357 g/mol. The molecule has 1 aromatic heterocycles. The molecule has 0 spiro atoms. The zero-order chi connectivity index (χ0) is 17.4. The van der Waals surface area contributed by atoms with E-state index in [0.29, 0.717) is 6.20 Å². The van der Waals surface area contributed by atoms with E-state index in [4.69, 9.17) is 0 Å². The number of benzene rings is 1. The molecule has 5 nitrogen and oxygen atoms in total. The Morgan fingerprint density at radius 1 is 1.04 bits per heavy atom. The predicted octanol–water partition coefficient (Wildman–Crippen LogP) is 2.89. The largest absolute Gasteiger partial charge is 0.417 e. The molecule has 0 aliphatic heterocycles. The Morgan fingerprint density at radius 3 is 2.46 bits per heavy atom. The molecule has 3 rings (SSSR count). The molecule has 1 aliphatic carbocycles. The van der Waals surface area contributed by atoms with Gasteiger partial charge in [-0.1, -0.05) is 6.07 Å². The molecule has 128 valence electrons. The topological polar surface area (TPSA) is 71.1 Å². The number of aromatic nitrogens is 1. The van der Waals surface area contributed by atoms with Crippen LogP contribution in [0, 0.1) is 0 Å². The summed E-state index contributed by atoms with van der Waals surface area (Å²) in [5, 5.41) is 0. The molecule has 1 aromatic carbocycles. The van der Waals surface area contributed by atoms with Gasteiger partial charge in [-0.25, -0.2) is 13.4 Å². The maximum absolute atomic E-state index is 12.5. The Labute approximate surface area is 136 Å². The van der Waals surface area contributed by atoms with Gasteiger partial charge in [0, 0.05) is 6.20 Å². The van der Waals surface area contributed by atoms with E-state index in [-0.39, 0.29) is 10.7 Å². The molecule has 1 heterocycles. The first-order valence-corrected chi connectivity index (χ1v) is 8.67. The van der Waals surface area contributed by atoms with E-state index in [1.165, 1.54) is 6.07 Å². The SMILES string of the molecule is O=S(=O)(NNc1ccc(C(F)(F)F)cn1)c1ccc2c(c1)CCC2. The van der Waals surface area contributed by atoms with E-state index in [1.54, 1.807) is 12.1 Å². The van der Waals surface area contributed by atoms with E-state index < -0.39 is 21.8 Å². The summed E-state index contributed by atoms with van der Waals surface area (Å²) in [6.45, 7) is 0. The molecule has 2 N–H and O–H groups in total. The zero-order valence-electron chi connectivity index (χ0n) is 12.4. The summed E-state index contributed by atoms with van der Waals surface area (Å²) in [6.07, 6.45) is -1.08. The van der Waals surface area contributed by atoms with Crippen LogP contribution in [0.1, 0.15) is 23.1 Å². The quantitative estimate of drug-likeness (QED) is 0.826. The average molecular weight is 357 g/mol. The van der Waals surface area contributed by atoms with Crippen molar-refractivity contribution in [2.24, 2.45) is 0 Å². The maximum Gasteiger partial charge on any atom is 0.417 e. The first-order valence-electron chi connectivity index (χ1n) is 7.18. The number of halogens is 3. The molecule has 1 aliphatic rings. The summed E-state index contributed by atoms with van der Waals surface area (Å²) >= 11 is 0. The molecule has 2 aromatic rings. The lowest BCUT2D eigenvalue weighted by molar-refractivity contribution is -0.137. The first-order chi connectivity index (χ1) is 11.3. The van der Waals surface area contributed by atoms with Gasteiger partial charge in [-0.05, 0) is 54.7 Å². The molecule has 24 heavy (non-hydrogen) atoms. The van der Waals surface area contributed by atoms with Crippen molar-refractivity contribution < 1.29 is 21.6 Å². The second kappa shape index (κ2) is 6.06. The van der Waals surface area contributed by atoms with Crippen LogP contribution in [0.3, 0.4) is 0 Å². The second-order valence-corrected chi connectivity index (χ2v) is 7.13. The minimum Gasteiger partial charge on any atom is -0.292 e. The fraction of sp³-hybridized carbons (Fsp3) is 0.267. The van der Waals surface area contributed by atoms with E-state index in [0.717, 1.165) is 42.5 Å². The lowest BCUT2D eigenvalue weighted by atomic mass is 10.1. The number of nitrogens with one attached hydrogen (secondary N) is 2. The lowest BCUT2D eigenvalue weighted by Gasteiger charge is -2.11. The maximum atomic E-state index is 12.5. The summed E-state index contributed by atoms with van der Waals surface area (Å²) in [4.78, 5) is 5.76. The van der Waals surface area contributed by atoms with Crippen LogP contribution in [-0.2, 0) is 29.0 Å². The van der Waals surface area contributed by atoms with E-state index in [2.05, 4.69) is 15.2 Å². The van der Waals surface area contributed by atoms with Crippen molar-refractivity contribution in [1.82, 2.24) is 9.82 Å². The number of rotatable bonds is 4. The Hall–Kier alpha value is -2.13. The van der Waals surface area contributed by atoms with Crippen LogP contribution in [0.15, 0.2) is 41.4 Å². The van der Waals surface area contributed by atoms with Gasteiger partial charge in [0.15, 0.2) is 0 Å². The molecule has 0 fully saturated rings. The smallest absolute Gasteiger partial charge is 0.292 e. The number of nitrogens with zero attached hydrogens (tertiary/aromatic N) is 1. The van der Waals surface area contributed by atoms with Gasteiger partial charge >= 0.3 is 6.18 Å². The van der Waals surface area contributed by atoms with Crippen molar-refractivity contribution >= 4 is 15.8 Å². The van der Waals surface area contributed by atoms with Crippen LogP contribution in [0.5, 0.6) is 0 Å². The molecule has 0 saturated heterocycles. The molecule has 9 heteroatoms. The van der Waals surface area contributed by atoms with Crippen LogP contribution in [0.2, 0.25) is 0 Å². The number of aryl methyl sites for hydroxylation is 2. The minimum absolute atomic E-state index is 0.0345. The number of fused-ring (bicyclic) bond motifs is 1. The first kappa shape index (κ1) is 16.7. The standard InChI is InChI=1S/C15H14F3N3O2S/c16-15(17,18)12-5-7-14(19-9-12)20-21-24(22,23)13-6-4-10-2-1-3-11(10)8-13/h4-9,21H,1-3H2,(H,19,20). The molecule has 0 bridgehead atoms. The van der Waals surface area contributed by atoms with Gasteiger partial charge in [-0.3, -0.25) is 5.43 Å². The van der Waals surface area contributed by atoms with Crippen molar-refractivity contribution in [2.45, 2.75) is 30.3 Å². The van der Waals surface area contributed by atoms with E-state index >= 15 is 0 Å². The number of anilines is 1. The summed E-state index contributed by atoms with van der Waals surface area (Å²) < 4.78 is 61.9. The lowest BCUT2D eigenvalue weighted by Crippen LogP contribution is -2.30. The minimum atomic E-state index is -4.49. The summed E-state index contributed by atoms with van der Waals surface area (Å²) in [5.74, 6) is -0.0345. The van der Waals surface area contributed by atoms with Gasteiger partial charge in [0.25, 0.3) is 10.0 Å². The molecule has 0 atom stereocenters. The van der Waals surface area contributed by atoms with Crippen molar-refractivity contribution in [2.75, 3.05) is 5.43 Å². The summed E-state index contributed by atoms with van der Waals surface area (Å²) in [6, 6.07) is 6.78. The van der Waals surface area contributed by atoms with Crippen molar-refractivity contribution in [3.63, 3.8) is 0 Å². The van der Waals surface area contributed by atoms with Crippen molar-refractivity contribution in [1.29, 1.82) is 0 Å². The van der Waals surface area contributed by atoms with Gasteiger partial charge in [0.05, 0.1) is 10.5 Å². The third-order valence-corrected chi connectivity index (χ3v) is 5.03. The van der Waals surface area contributed by atoms with Gasteiger partial charge in [0.1, 0.15) is 5.82 Å². The zero-order valence-corrected chi connectivity index (χ0v) is 13.2. The van der Waals surface area contributed by atoms with Gasteiger partial charge < -0.3 is 0 Å². The number of hydrazine groups is 1. The van der Waals surface area contributed by atoms with E-state index in [1.807, 2.05) is 0 Å². The third kappa shape index (κ3) is 3.51. The highest BCUT2D eigenvalue weighted by atomic mass is 32.2. The number of pyridine rings is 1. The molecule has 0 amide bonds. The van der Waals surface area contributed by atoms with E-state index in [9.17, 15) is 21.6 Å². The Balaban J connectivity index is 1.71. The van der Waals surface area contributed by atoms with Crippen LogP contribution in [0.25, 0.3) is 0 Å². The number of sulfonamides is 1. The van der Waals surface area contributed by atoms with Crippen molar-refractivity contribution in [3.8, 4) is 0 Å². The third-order valence-electron chi connectivity index (χ3n) is 3.78. The number of hydrogen-bond acceptors (Lipinski definition) is 4. The molecular formula is C15H14F3N3O2S. The van der Waals surface area contributed by atoms with Crippen LogP contribution >= 0.6 is 0 Å². The van der Waals surface area contributed by atoms with Crippen molar-refractivity contribution in [3.05, 3.63) is 53.2 Å². The highest BCUT2D eigenvalue weighted by Crippen LogP contribution is 2.29. The van der Waals surface area contributed by atoms with Gasteiger partial charge in [-0.2, -0.15) is 13.2 Å². The molecule has 0 radical (unpaired) electrons. The average Bonchev–Trinajstić information content (AvgIpc) is 3.00.